The summed E-state index contributed by atoms with van der Waals surface area (Å²) in [6, 6.07) is 8.03. The Hall–Kier alpha value is -2.32. The second kappa shape index (κ2) is 4.99. The minimum atomic E-state index is 0.388. The molecule has 3 N–H and O–H groups in total. The van der Waals surface area contributed by atoms with Crippen molar-refractivity contribution in [1.29, 1.82) is 5.26 Å². The topological polar surface area (TPSA) is 78.0 Å². The van der Waals surface area contributed by atoms with Crippen molar-refractivity contribution in [3.05, 3.63) is 30.0 Å². The molecule has 5 heteroatoms. The number of nitriles is 1. The number of rotatable bonds is 2. The van der Waals surface area contributed by atoms with Crippen molar-refractivity contribution in [2.75, 3.05) is 31.2 Å². The van der Waals surface area contributed by atoms with E-state index in [1.807, 2.05) is 12.1 Å². The van der Waals surface area contributed by atoms with Gasteiger partial charge in [-0.05, 0) is 38.2 Å². The van der Waals surface area contributed by atoms with Gasteiger partial charge in [-0.25, -0.2) is 0 Å². The Labute approximate surface area is 118 Å². The van der Waals surface area contributed by atoms with Gasteiger partial charge >= 0.3 is 0 Å². The molecule has 1 aliphatic heterocycles. The van der Waals surface area contributed by atoms with E-state index in [0.717, 1.165) is 36.1 Å². The summed E-state index contributed by atoms with van der Waals surface area (Å²) in [5.41, 5.74) is 9.07. The van der Waals surface area contributed by atoms with Gasteiger partial charge in [0.1, 0.15) is 0 Å². The summed E-state index contributed by atoms with van der Waals surface area (Å²) in [7, 11) is 2.11. The Morgan fingerprint density at radius 1 is 1.50 bits per heavy atom. The number of hydrogen-bond donors (Lipinski definition) is 2. The van der Waals surface area contributed by atoms with Crippen LogP contribution in [-0.4, -0.2) is 36.1 Å². The molecule has 0 saturated carbocycles. The molecule has 1 aromatic heterocycles. The molecule has 5 nitrogen and oxygen atoms in total. The zero-order valence-electron chi connectivity index (χ0n) is 11.4. The molecule has 0 spiro atoms. The maximum Gasteiger partial charge on any atom is 0.0991 e. The number of anilines is 2. The number of benzene rings is 1. The first-order valence-electron chi connectivity index (χ1n) is 6.71. The van der Waals surface area contributed by atoms with Crippen LogP contribution in [0, 0.1) is 11.3 Å². The van der Waals surface area contributed by atoms with Crippen molar-refractivity contribution in [1.82, 2.24) is 9.88 Å². The van der Waals surface area contributed by atoms with E-state index >= 15 is 0 Å². The van der Waals surface area contributed by atoms with Gasteiger partial charge in [0.25, 0.3) is 0 Å². The van der Waals surface area contributed by atoms with Crippen molar-refractivity contribution in [2.45, 2.75) is 12.5 Å². The molecule has 0 amide bonds. The number of fused-ring (bicyclic) bond motifs is 1. The van der Waals surface area contributed by atoms with Crippen molar-refractivity contribution in [2.24, 2.45) is 0 Å². The smallest absolute Gasteiger partial charge is 0.0991 e. The maximum absolute atomic E-state index is 9.05. The van der Waals surface area contributed by atoms with Crippen LogP contribution >= 0.6 is 0 Å². The molecule has 1 saturated heterocycles. The Kier molecular flexibility index (Phi) is 3.17. The second-order valence-electron chi connectivity index (χ2n) is 5.32. The summed E-state index contributed by atoms with van der Waals surface area (Å²) in [4.78, 5) is 6.61. The van der Waals surface area contributed by atoms with Crippen LogP contribution in [0.5, 0.6) is 0 Å². The lowest BCUT2D eigenvalue weighted by molar-refractivity contribution is 0.414. The fraction of sp³-hybridized carbons (Fsp3) is 0.333. The van der Waals surface area contributed by atoms with Gasteiger partial charge in [0.05, 0.1) is 34.7 Å². The lowest BCUT2D eigenvalue weighted by Crippen LogP contribution is -2.24. The van der Waals surface area contributed by atoms with Crippen LogP contribution in [0.2, 0.25) is 0 Å². The first-order chi connectivity index (χ1) is 9.67. The van der Waals surface area contributed by atoms with E-state index in [2.05, 4.69) is 28.3 Å². The number of likely N-dealkylation sites (tertiary alicyclic amines) is 1. The summed E-state index contributed by atoms with van der Waals surface area (Å²) in [6.45, 7) is 2.09. The fourth-order valence-electron chi connectivity index (χ4n) is 2.70. The summed E-state index contributed by atoms with van der Waals surface area (Å²) in [6.07, 6.45) is 2.77. The van der Waals surface area contributed by atoms with Gasteiger partial charge in [-0.15, -0.1) is 0 Å². The molecule has 3 rings (SSSR count). The first-order valence-corrected chi connectivity index (χ1v) is 6.71. The molecule has 1 fully saturated rings. The molecule has 0 radical (unpaired) electrons. The minimum Gasteiger partial charge on any atom is -0.396 e. The Bertz CT molecular complexity index is 688. The Morgan fingerprint density at radius 3 is 3.05 bits per heavy atom. The number of nitrogens with two attached hydrogens (primary N) is 1. The molecule has 0 bridgehead atoms. The van der Waals surface area contributed by atoms with Crippen LogP contribution in [0.25, 0.3) is 10.9 Å². The largest absolute Gasteiger partial charge is 0.396 e. The Morgan fingerprint density at radius 2 is 2.35 bits per heavy atom. The number of pyridine rings is 1. The quantitative estimate of drug-likeness (QED) is 0.867. The first kappa shape index (κ1) is 12.7. The fourth-order valence-corrected chi connectivity index (χ4v) is 2.70. The number of hydrogen-bond acceptors (Lipinski definition) is 5. The van der Waals surface area contributed by atoms with E-state index in [-0.39, 0.29) is 0 Å². The van der Waals surface area contributed by atoms with Crippen molar-refractivity contribution >= 4 is 22.3 Å². The van der Waals surface area contributed by atoms with Crippen LogP contribution in [-0.2, 0) is 0 Å². The molecule has 1 atom stereocenters. The third-order valence-electron chi connectivity index (χ3n) is 3.77. The SMILES string of the molecule is CN1CC[C@@H](Nc2c(N)cnc3ccc(C#N)cc23)C1. The average molecular weight is 267 g/mol. The van der Waals surface area contributed by atoms with Gasteiger partial charge in [0.2, 0.25) is 0 Å². The summed E-state index contributed by atoms with van der Waals surface area (Å²) in [5, 5.41) is 13.5. The number of nitrogens with zero attached hydrogens (tertiary/aromatic N) is 3. The number of aromatic nitrogens is 1. The molecular weight excluding hydrogens is 250 g/mol. The monoisotopic (exact) mass is 267 g/mol. The van der Waals surface area contributed by atoms with Crippen LogP contribution < -0.4 is 11.1 Å². The van der Waals surface area contributed by atoms with E-state index in [9.17, 15) is 0 Å². The van der Waals surface area contributed by atoms with Crippen LogP contribution in [0.4, 0.5) is 11.4 Å². The van der Waals surface area contributed by atoms with E-state index in [4.69, 9.17) is 11.0 Å². The standard InChI is InChI=1S/C15H17N5/c1-20-5-4-11(9-20)19-15-12-6-10(7-16)2-3-14(12)18-8-13(15)17/h2-3,6,8,11H,4-5,9,17H2,1H3,(H,18,19)/t11-/m1/s1. The summed E-state index contributed by atoms with van der Waals surface area (Å²) >= 11 is 0. The molecule has 2 aromatic rings. The molecule has 1 aliphatic rings. The van der Waals surface area contributed by atoms with Crippen LogP contribution in [0.1, 0.15) is 12.0 Å². The normalized spacial score (nSPS) is 19.1. The third-order valence-corrected chi connectivity index (χ3v) is 3.77. The van der Waals surface area contributed by atoms with Gasteiger partial charge in [0, 0.05) is 18.0 Å². The average Bonchev–Trinajstić information content (AvgIpc) is 2.87. The highest BCUT2D eigenvalue weighted by atomic mass is 15.2. The lowest BCUT2D eigenvalue weighted by atomic mass is 10.1. The molecule has 1 aromatic carbocycles. The van der Waals surface area contributed by atoms with Gasteiger partial charge in [0.15, 0.2) is 0 Å². The molecule has 102 valence electrons. The number of nitrogens with one attached hydrogen (secondary N) is 1. The molecular formula is C15H17N5. The van der Waals surface area contributed by atoms with E-state index < -0.39 is 0 Å². The summed E-state index contributed by atoms with van der Waals surface area (Å²) < 4.78 is 0. The second-order valence-corrected chi connectivity index (χ2v) is 5.32. The summed E-state index contributed by atoms with van der Waals surface area (Å²) in [5.74, 6) is 0. The zero-order valence-corrected chi connectivity index (χ0v) is 11.4. The van der Waals surface area contributed by atoms with E-state index in [1.165, 1.54) is 0 Å². The van der Waals surface area contributed by atoms with E-state index in [0.29, 0.717) is 17.3 Å². The predicted octanol–water partition coefficient (Wildman–Crippen LogP) is 1.80. The molecule has 0 aliphatic carbocycles. The van der Waals surface area contributed by atoms with Gasteiger partial charge in [-0.2, -0.15) is 5.26 Å². The van der Waals surface area contributed by atoms with Gasteiger partial charge in [-0.1, -0.05) is 0 Å². The minimum absolute atomic E-state index is 0.388. The van der Waals surface area contributed by atoms with Gasteiger partial charge in [-0.3, -0.25) is 4.98 Å². The van der Waals surface area contributed by atoms with Crippen LogP contribution in [0.3, 0.4) is 0 Å². The van der Waals surface area contributed by atoms with E-state index in [1.54, 1.807) is 12.3 Å². The maximum atomic E-state index is 9.05. The molecule has 20 heavy (non-hydrogen) atoms. The Balaban J connectivity index is 2.03. The van der Waals surface area contributed by atoms with Crippen molar-refractivity contribution < 1.29 is 0 Å². The highest BCUT2D eigenvalue weighted by molar-refractivity contribution is 5.97. The third kappa shape index (κ3) is 2.26. The van der Waals surface area contributed by atoms with Gasteiger partial charge < -0.3 is 16.0 Å². The van der Waals surface area contributed by atoms with Crippen molar-refractivity contribution in [3.63, 3.8) is 0 Å². The number of nitrogen functional groups attached to an aromatic ring is 1. The highest BCUT2D eigenvalue weighted by Gasteiger charge is 2.20. The molecule has 2 heterocycles. The zero-order chi connectivity index (χ0) is 14.1. The molecule has 0 unspecified atom stereocenters. The predicted molar refractivity (Wildman–Crippen MR) is 80.4 cm³/mol. The lowest BCUT2D eigenvalue weighted by Gasteiger charge is -2.17. The van der Waals surface area contributed by atoms with Crippen LogP contribution in [0.15, 0.2) is 24.4 Å². The number of likely N-dealkylation sites (N-methyl/N-ethyl adjacent to an activating group) is 1. The van der Waals surface area contributed by atoms with Crippen molar-refractivity contribution in [3.8, 4) is 6.07 Å². The highest BCUT2D eigenvalue weighted by Crippen LogP contribution is 2.30.